The van der Waals surface area contributed by atoms with Gasteiger partial charge < -0.3 is 4.74 Å². The molecule has 0 aliphatic heterocycles. The van der Waals surface area contributed by atoms with Crippen molar-refractivity contribution in [1.29, 1.82) is 5.26 Å². The summed E-state index contributed by atoms with van der Waals surface area (Å²) in [7, 11) is -9.97. The Balaban J connectivity index is 2.43. The van der Waals surface area contributed by atoms with Gasteiger partial charge in [-0.05, 0) is 41.6 Å². The predicted octanol–water partition coefficient (Wildman–Crippen LogP) is 2.39. The van der Waals surface area contributed by atoms with E-state index in [1.165, 1.54) is 12.1 Å². The molecule has 2 aromatic carbocycles. The second-order valence-corrected chi connectivity index (χ2v) is 8.39. The van der Waals surface area contributed by atoms with Gasteiger partial charge in [0, 0.05) is 4.90 Å². The molecule has 2 N–H and O–H groups in total. The fourth-order valence-electron chi connectivity index (χ4n) is 2.26. The summed E-state index contributed by atoms with van der Waals surface area (Å²) in [6.45, 7) is -0.981. The van der Waals surface area contributed by atoms with Crippen LogP contribution in [0.3, 0.4) is 0 Å². The Bertz CT molecular complexity index is 1050. The van der Waals surface area contributed by atoms with Crippen molar-refractivity contribution in [2.45, 2.75) is 17.1 Å². The highest BCUT2D eigenvalue weighted by Crippen LogP contribution is 2.29. The molecular formula is C16H15NO9S3. The second-order valence-electron chi connectivity index (χ2n) is 5.39. The van der Waals surface area contributed by atoms with Gasteiger partial charge in [0.2, 0.25) is 0 Å². The molecule has 2 rings (SSSR count). The van der Waals surface area contributed by atoms with Crippen molar-refractivity contribution in [3.05, 3.63) is 60.2 Å². The van der Waals surface area contributed by atoms with Crippen molar-refractivity contribution in [2.75, 3.05) is 6.61 Å². The molecule has 0 saturated heterocycles. The highest BCUT2D eigenvalue weighted by atomic mass is 32.3. The number of nitriles is 1. The van der Waals surface area contributed by atoms with Gasteiger partial charge in [0.25, 0.3) is 0 Å². The van der Waals surface area contributed by atoms with Gasteiger partial charge in [0.1, 0.15) is 23.9 Å². The van der Waals surface area contributed by atoms with E-state index in [0.717, 1.165) is 11.8 Å². The molecule has 0 saturated carbocycles. The van der Waals surface area contributed by atoms with E-state index in [1.807, 2.05) is 5.40 Å². The van der Waals surface area contributed by atoms with Gasteiger partial charge in [-0.2, -0.15) is 22.1 Å². The first-order chi connectivity index (χ1) is 13.6. The number of rotatable bonds is 10. The molecule has 2 aromatic rings. The van der Waals surface area contributed by atoms with Crippen LogP contribution in [0.2, 0.25) is 0 Å². The van der Waals surface area contributed by atoms with Gasteiger partial charge in [0.05, 0.1) is 0 Å². The minimum atomic E-state index is -5.04. The molecule has 0 spiro atoms. The predicted molar refractivity (Wildman–Crippen MR) is 102 cm³/mol. The standard InChI is InChI=1S/C16H15NO9S3/c17-11-27-14-8-6-12(7-9-14)16(25-13-4-2-1-3-5-13)15(26-29(21,22)23)10-24-28(18,19)20/h1-9,15-16H,10H2,(H,18,19,20)(H,21,22,23). The number of thiocyanates is 1. The van der Waals surface area contributed by atoms with Crippen molar-refractivity contribution >= 4 is 32.6 Å². The summed E-state index contributed by atoms with van der Waals surface area (Å²) in [5.74, 6) is 0.281. The average Bonchev–Trinajstić information content (AvgIpc) is 2.64. The average molecular weight is 461 g/mol. The van der Waals surface area contributed by atoms with Gasteiger partial charge in [-0.1, -0.05) is 30.3 Å². The minimum Gasteiger partial charge on any atom is -0.483 e. The molecule has 29 heavy (non-hydrogen) atoms. The number of thioether (sulfide) groups is 1. The summed E-state index contributed by atoms with van der Waals surface area (Å²) < 4.78 is 76.8. The number of ether oxygens (including phenoxy) is 1. The largest absolute Gasteiger partial charge is 0.483 e. The third kappa shape index (κ3) is 8.38. The molecule has 2 unspecified atom stereocenters. The quantitative estimate of drug-likeness (QED) is 0.304. The lowest BCUT2D eigenvalue weighted by molar-refractivity contribution is 0.0175. The van der Waals surface area contributed by atoms with Crippen molar-refractivity contribution in [1.82, 2.24) is 0 Å². The van der Waals surface area contributed by atoms with Crippen LogP contribution in [-0.4, -0.2) is 38.7 Å². The van der Waals surface area contributed by atoms with E-state index in [-0.39, 0.29) is 5.75 Å². The van der Waals surface area contributed by atoms with Crippen LogP contribution in [0, 0.1) is 10.7 Å². The third-order valence-corrected chi connectivity index (χ3v) is 4.87. The summed E-state index contributed by atoms with van der Waals surface area (Å²) in [6, 6.07) is 14.2. The summed E-state index contributed by atoms with van der Waals surface area (Å²) in [5, 5.41) is 10.6. The zero-order chi connectivity index (χ0) is 21.5. The molecule has 0 amide bonds. The molecule has 0 aromatic heterocycles. The topological polar surface area (TPSA) is 160 Å². The molecular weight excluding hydrogens is 446 g/mol. The Morgan fingerprint density at radius 1 is 0.966 bits per heavy atom. The zero-order valence-electron chi connectivity index (χ0n) is 14.5. The lowest BCUT2D eigenvalue weighted by Crippen LogP contribution is -2.34. The maximum atomic E-state index is 11.3. The van der Waals surface area contributed by atoms with Gasteiger partial charge in [-0.3, -0.25) is 9.11 Å². The zero-order valence-corrected chi connectivity index (χ0v) is 16.9. The van der Waals surface area contributed by atoms with E-state index in [1.54, 1.807) is 42.5 Å². The molecule has 13 heteroatoms. The van der Waals surface area contributed by atoms with Crippen LogP contribution in [0.4, 0.5) is 0 Å². The smallest absolute Gasteiger partial charge is 0.397 e. The van der Waals surface area contributed by atoms with E-state index in [2.05, 4.69) is 8.37 Å². The van der Waals surface area contributed by atoms with Crippen molar-refractivity contribution in [3.8, 4) is 11.2 Å². The van der Waals surface area contributed by atoms with Crippen LogP contribution >= 0.6 is 11.8 Å². The summed E-state index contributed by atoms with van der Waals surface area (Å²) in [4.78, 5) is 0.594. The Morgan fingerprint density at radius 2 is 1.59 bits per heavy atom. The summed E-state index contributed by atoms with van der Waals surface area (Å²) >= 11 is 0.892. The molecule has 0 heterocycles. The van der Waals surface area contributed by atoms with Crippen LogP contribution in [0.15, 0.2) is 59.5 Å². The maximum absolute atomic E-state index is 11.3. The van der Waals surface area contributed by atoms with E-state index in [4.69, 9.17) is 19.1 Å². The molecule has 0 bridgehead atoms. The van der Waals surface area contributed by atoms with Crippen LogP contribution in [0.1, 0.15) is 11.7 Å². The van der Waals surface area contributed by atoms with Gasteiger partial charge in [0.15, 0.2) is 6.10 Å². The normalized spacial score (nSPS) is 14.0. The second kappa shape index (κ2) is 10.0. The van der Waals surface area contributed by atoms with Gasteiger partial charge in [-0.15, -0.1) is 0 Å². The van der Waals surface area contributed by atoms with Gasteiger partial charge in [-0.25, -0.2) is 8.37 Å². The van der Waals surface area contributed by atoms with E-state index in [0.29, 0.717) is 10.5 Å². The SMILES string of the molecule is N#CSc1ccc(C(Oc2ccccc2)C(COS(=O)(=O)O)OS(=O)(=O)O)cc1. The molecule has 0 fully saturated rings. The number of nitrogens with zero attached hydrogens (tertiary/aromatic N) is 1. The number of hydrogen-bond acceptors (Lipinski definition) is 9. The van der Waals surface area contributed by atoms with Crippen LogP contribution < -0.4 is 4.74 Å². The molecule has 0 aliphatic rings. The first-order valence-corrected chi connectivity index (χ1v) is 11.3. The Hall–Kier alpha value is -2.18. The summed E-state index contributed by atoms with van der Waals surface area (Å²) in [6.07, 6.45) is -2.97. The number of benzene rings is 2. The fraction of sp³-hybridized carbons (Fsp3) is 0.188. The van der Waals surface area contributed by atoms with E-state index in [9.17, 15) is 16.8 Å². The van der Waals surface area contributed by atoms with Crippen molar-refractivity contribution in [3.63, 3.8) is 0 Å². The van der Waals surface area contributed by atoms with Crippen LogP contribution in [-0.2, 0) is 29.2 Å². The lowest BCUT2D eigenvalue weighted by Gasteiger charge is -2.26. The van der Waals surface area contributed by atoms with Crippen molar-refractivity contribution in [2.24, 2.45) is 0 Å². The van der Waals surface area contributed by atoms with Crippen LogP contribution in [0.25, 0.3) is 0 Å². The maximum Gasteiger partial charge on any atom is 0.397 e. The van der Waals surface area contributed by atoms with Crippen molar-refractivity contribution < 1.29 is 39.0 Å². The number of hydrogen-bond donors (Lipinski definition) is 2. The first kappa shape index (κ1) is 23.1. The van der Waals surface area contributed by atoms with Gasteiger partial charge >= 0.3 is 20.8 Å². The Labute approximate surface area is 171 Å². The van der Waals surface area contributed by atoms with Crippen LogP contribution in [0.5, 0.6) is 5.75 Å². The minimum absolute atomic E-state index is 0.281. The highest BCUT2D eigenvalue weighted by molar-refractivity contribution is 8.03. The third-order valence-electron chi connectivity index (χ3n) is 3.34. The number of para-hydroxylation sites is 1. The molecule has 0 aliphatic carbocycles. The lowest BCUT2D eigenvalue weighted by atomic mass is 10.0. The fourth-order valence-corrected chi connectivity index (χ4v) is 3.41. The molecule has 2 atom stereocenters. The van der Waals surface area contributed by atoms with E-state index < -0.39 is 39.6 Å². The summed E-state index contributed by atoms with van der Waals surface area (Å²) in [5.41, 5.74) is 0.323. The molecule has 156 valence electrons. The van der Waals surface area contributed by atoms with E-state index >= 15 is 0 Å². The molecule has 10 nitrogen and oxygen atoms in total. The molecule has 0 radical (unpaired) electrons. The first-order valence-electron chi connectivity index (χ1n) is 7.72. The highest BCUT2D eigenvalue weighted by Gasteiger charge is 2.32. The Morgan fingerprint density at radius 3 is 2.10 bits per heavy atom. The monoisotopic (exact) mass is 461 g/mol. The Kier molecular flexibility index (Phi) is 7.99.